The van der Waals surface area contributed by atoms with Crippen LogP contribution in [0.2, 0.25) is 0 Å². The minimum Gasteiger partial charge on any atom is -0.423 e. The van der Waals surface area contributed by atoms with E-state index in [1.165, 1.54) is 0 Å². The van der Waals surface area contributed by atoms with Gasteiger partial charge in [0.2, 0.25) is 17.7 Å². The fourth-order valence-corrected chi connectivity index (χ4v) is 8.33. The van der Waals surface area contributed by atoms with Crippen LogP contribution in [-0.4, -0.2) is 40.0 Å². The first-order valence-electron chi connectivity index (χ1n) is 12.0. The van der Waals surface area contributed by atoms with Crippen molar-refractivity contribution in [2.24, 2.45) is 0 Å². The van der Waals surface area contributed by atoms with Crippen molar-refractivity contribution in [3.05, 3.63) is 101 Å². The maximum absolute atomic E-state index is 15.7. The normalized spacial score (nSPS) is 16.4. The zero-order valence-corrected chi connectivity index (χ0v) is 22.9. The van der Waals surface area contributed by atoms with Gasteiger partial charge < -0.3 is 4.42 Å². The topological polar surface area (TPSA) is 132 Å². The third kappa shape index (κ3) is 5.15. The summed E-state index contributed by atoms with van der Waals surface area (Å²) in [7, 11) is -4.05. The van der Waals surface area contributed by atoms with Crippen molar-refractivity contribution in [2.75, 3.05) is 0 Å². The molecule has 13 heteroatoms. The van der Waals surface area contributed by atoms with E-state index in [0.717, 1.165) is 23.1 Å². The number of halogens is 1. The third-order valence-corrected chi connectivity index (χ3v) is 10.4. The minimum absolute atomic E-state index is 0.00378. The number of fused-ring (bicyclic) bond motifs is 1. The maximum Gasteiger partial charge on any atom is 0.286 e. The Morgan fingerprint density at radius 2 is 1.70 bits per heavy atom. The van der Waals surface area contributed by atoms with Gasteiger partial charge in [-0.05, 0) is 23.3 Å². The molecule has 40 heavy (non-hydrogen) atoms. The lowest BCUT2D eigenvalue weighted by molar-refractivity contribution is -0.119. The summed E-state index contributed by atoms with van der Waals surface area (Å²) in [6, 6.07) is 20.9. The van der Waals surface area contributed by atoms with Crippen molar-refractivity contribution in [1.82, 2.24) is 20.5 Å². The molecule has 1 saturated heterocycles. The summed E-state index contributed by atoms with van der Waals surface area (Å²) < 4.78 is 49.3. The SMILES string of the molecule is O=C1NC(=O)C(Cc2nnc(C(c3nc4ccc(-c5ccccc5)c(F)c4s3)S(=O)(=O)Cc3ccccc3)o2)S1. The second-order valence-electron chi connectivity index (χ2n) is 8.99. The summed E-state index contributed by atoms with van der Waals surface area (Å²) in [4.78, 5) is 28.0. The van der Waals surface area contributed by atoms with E-state index in [4.69, 9.17) is 4.42 Å². The second-order valence-corrected chi connectivity index (χ2v) is 13.3. The van der Waals surface area contributed by atoms with Gasteiger partial charge in [-0.2, -0.15) is 0 Å². The average Bonchev–Trinajstić information content (AvgIpc) is 3.64. The first-order valence-corrected chi connectivity index (χ1v) is 15.4. The standard InChI is InChI=1S/C27H19FN4O5S3/c28-21-17(16-9-5-2-6-10-16)11-12-18-22(21)39-26(29-18)23(40(35,36)14-15-7-3-1-4-8-15)25-32-31-20(37-25)13-19-24(33)30-27(34)38-19/h1-12,19,23H,13-14H2,(H,30,33,34). The molecule has 0 spiro atoms. The fourth-order valence-electron chi connectivity index (χ4n) is 4.37. The molecule has 3 heterocycles. The summed E-state index contributed by atoms with van der Waals surface area (Å²) in [6.07, 6.45) is -0.0599. The molecule has 0 bridgehead atoms. The van der Waals surface area contributed by atoms with Gasteiger partial charge in [-0.3, -0.25) is 14.9 Å². The van der Waals surface area contributed by atoms with Gasteiger partial charge in [0.1, 0.15) is 16.1 Å². The molecule has 5 aromatic rings. The number of sulfone groups is 1. The highest BCUT2D eigenvalue weighted by Crippen LogP contribution is 2.39. The highest BCUT2D eigenvalue weighted by molar-refractivity contribution is 8.15. The van der Waals surface area contributed by atoms with Crippen LogP contribution in [0.3, 0.4) is 0 Å². The van der Waals surface area contributed by atoms with E-state index in [9.17, 15) is 18.0 Å². The van der Waals surface area contributed by atoms with Gasteiger partial charge >= 0.3 is 0 Å². The Bertz CT molecular complexity index is 1840. The van der Waals surface area contributed by atoms with E-state index in [-0.39, 0.29) is 33.7 Å². The fraction of sp³-hybridized carbons (Fsp3) is 0.148. The molecule has 1 fully saturated rings. The molecule has 2 unspecified atom stereocenters. The number of nitrogens with zero attached hydrogens (tertiary/aromatic N) is 3. The number of thiazole rings is 1. The predicted molar refractivity (Wildman–Crippen MR) is 149 cm³/mol. The van der Waals surface area contributed by atoms with Gasteiger partial charge in [-0.25, -0.2) is 17.8 Å². The van der Waals surface area contributed by atoms with Gasteiger partial charge in [0.05, 0.1) is 16.0 Å². The van der Waals surface area contributed by atoms with Crippen molar-refractivity contribution in [3.8, 4) is 11.1 Å². The average molecular weight is 595 g/mol. The predicted octanol–water partition coefficient (Wildman–Crippen LogP) is 5.08. The summed E-state index contributed by atoms with van der Waals surface area (Å²) >= 11 is 1.71. The minimum atomic E-state index is -4.05. The first-order chi connectivity index (χ1) is 19.3. The van der Waals surface area contributed by atoms with Crippen LogP contribution in [0, 0.1) is 5.82 Å². The van der Waals surface area contributed by atoms with Crippen molar-refractivity contribution in [3.63, 3.8) is 0 Å². The molecular formula is C27H19FN4O5S3. The van der Waals surface area contributed by atoms with Crippen LogP contribution in [-0.2, 0) is 26.8 Å². The molecule has 6 rings (SSSR count). The van der Waals surface area contributed by atoms with Gasteiger partial charge in [-0.1, -0.05) is 72.4 Å². The molecule has 0 aliphatic carbocycles. The molecule has 0 radical (unpaired) electrons. The maximum atomic E-state index is 15.7. The van der Waals surface area contributed by atoms with E-state index in [0.29, 0.717) is 22.2 Å². The summed E-state index contributed by atoms with van der Waals surface area (Å²) in [5.41, 5.74) is 1.89. The number of nitrogens with one attached hydrogen (secondary N) is 1. The number of thioether (sulfide) groups is 1. The van der Waals surface area contributed by atoms with Crippen LogP contribution in [0.1, 0.15) is 27.6 Å². The Morgan fingerprint density at radius 3 is 2.40 bits per heavy atom. The van der Waals surface area contributed by atoms with E-state index in [2.05, 4.69) is 20.5 Å². The Kier molecular flexibility index (Phi) is 6.94. The van der Waals surface area contributed by atoms with E-state index < -0.39 is 37.3 Å². The van der Waals surface area contributed by atoms with E-state index in [1.807, 2.05) is 6.07 Å². The molecule has 1 aliphatic heterocycles. The molecular weight excluding hydrogens is 576 g/mol. The Morgan fingerprint density at radius 1 is 0.975 bits per heavy atom. The zero-order chi connectivity index (χ0) is 27.9. The van der Waals surface area contributed by atoms with Crippen LogP contribution in [0.15, 0.2) is 77.2 Å². The lowest BCUT2D eigenvalue weighted by Gasteiger charge is -2.12. The van der Waals surface area contributed by atoms with E-state index >= 15 is 4.39 Å². The summed E-state index contributed by atoms with van der Waals surface area (Å²) in [6.45, 7) is 0. The van der Waals surface area contributed by atoms with Crippen LogP contribution in [0.4, 0.5) is 9.18 Å². The quantitative estimate of drug-likeness (QED) is 0.261. The summed E-state index contributed by atoms with van der Waals surface area (Å²) in [5.74, 6) is -1.59. The van der Waals surface area contributed by atoms with Crippen molar-refractivity contribution >= 4 is 54.3 Å². The van der Waals surface area contributed by atoms with E-state index in [1.54, 1.807) is 66.7 Å². The number of carbonyl (C=O) groups excluding carboxylic acids is 2. The van der Waals surface area contributed by atoms with Crippen LogP contribution in [0.5, 0.6) is 0 Å². The number of benzene rings is 3. The van der Waals surface area contributed by atoms with Gasteiger partial charge in [0.25, 0.3) is 5.24 Å². The van der Waals surface area contributed by atoms with Crippen molar-refractivity contribution in [2.45, 2.75) is 22.7 Å². The van der Waals surface area contributed by atoms with Crippen LogP contribution < -0.4 is 5.32 Å². The number of carbonyl (C=O) groups is 2. The van der Waals surface area contributed by atoms with Crippen molar-refractivity contribution < 1.29 is 26.8 Å². The smallest absolute Gasteiger partial charge is 0.286 e. The number of rotatable bonds is 8. The Hall–Kier alpha value is -3.94. The molecule has 2 amide bonds. The lowest BCUT2D eigenvalue weighted by atomic mass is 10.1. The molecule has 202 valence electrons. The van der Waals surface area contributed by atoms with Crippen LogP contribution >= 0.6 is 23.1 Å². The zero-order valence-electron chi connectivity index (χ0n) is 20.5. The molecule has 0 saturated carbocycles. The molecule has 1 N–H and O–H groups in total. The molecule has 3 aromatic carbocycles. The first kappa shape index (κ1) is 26.3. The van der Waals surface area contributed by atoms with Crippen molar-refractivity contribution in [1.29, 1.82) is 0 Å². The van der Waals surface area contributed by atoms with Gasteiger partial charge in [-0.15, -0.1) is 21.5 Å². The Labute approximate surface area is 235 Å². The number of hydrogen-bond acceptors (Lipinski definition) is 10. The largest absolute Gasteiger partial charge is 0.423 e. The molecule has 1 aliphatic rings. The number of imide groups is 1. The number of aromatic nitrogens is 3. The van der Waals surface area contributed by atoms with Gasteiger partial charge in [0.15, 0.2) is 15.1 Å². The highest BCUT2D eigenvalue weighted by atomic mass is 32.2. The monoisotopic (exact) mass is 594 g/mol. The lowest BCUT2D eigenvalue weighted by Crippen LogP contribution is -2.25. The third-order valence-electron chi connectivity index (χ3n) is 6.23. The molecule has 2 atom stereocenters. The summed E-state index contributed by atoms with van der Waals surface area (Å²) in [5, 5.41) is 7.48. The molecule has 9 nitrogen and oxygen atoms in total. The second kappa shape index (κ2) is 10.6. The van der Waals surface area contributed by atoms with Gasteiger partial charge in [0, 0.05) is 12.0 Å². The number of amides is 2. The van der Waals surface area contributed by atoms with Crippen LogP contribution in [0.25, 0.3) is 21.3 Å². The molecule has 2 aromatic heterocycles. The number of hydrogen-bond donors (Lipinski definition) is 1. The Balaban J connectivity index is 1.42. The highest BCUT2D eigenvalue weighted by Gasteiger charge is 2.39.